The molecule has 5 nitrogen and oxygen atoms in total. The van der Waals surface area contributed by atoms with Crippen LogP contribution in [0.1, 0.15) is 213 Å². The third kappa shape index (κ3) is 45.8. The molecule has 0 aromatic carbocycles. The summed E-state index contributed by atoms with van der Waals surface area (Å²) in [7, 11) is 0. The molecule has 1 atom stereocenters. The molecule has 0 aliphatic heterocycles. The lowest BCUT2D eigenvalue weighted by Gasteiger charge is -2.18. The Hall–Kier alpha value is -2.92. The smallest absolute Gasteiger partial charge is 0.306 e. The van der Waals surface area contributed by atoms with E-state index < -0.39 is 6.10 Å². The molecule has 0 N–H and O–H groups in total. The quantitative estimate of drug-likeness (QED) is 0.0349. The van der Waals surface area contributed by atoms with Crippen LogP contribution in [0.5, 0.6) is 0 Å². The van der Waals surface area contributed by atoms with Gasteiger partial charge in [0.05, 0.1) is 6.61 Å². The SMILES string of the molecule is CC/C=C\C/C=C\C/C=C\C/C=C\CCCCCOCC(COC(=O)CCCCCCC/C=C\C/C=C\C/C=C\CC)OC(=O)CCCCCCCCCCCCC. The second-order valence-electron chi connectivity index (χ2n) is 15.6. The van der Waals surface area contributed by atoms with Crippen LogP contribution >= 0.6 is 0 Å². The Kier molecular flexibility index (Phi) is 46.0. The number of ether oxygens (including phenoxy) is 3. The van der Waals surface area contributed by atoms with E-state index in [9.17, 15) is 9.59 Å². The summed E-state index contributed by atoms with van der Waals surface area (Å²) in [6, 6.07) is 0. The molecule has 0 amide bonds. The van der Waals surface area contributed by atoms with Crippen molar-refractivity contribution in [2.45, 2.75) is 219 Å². The zero-order chi connectivity index (χ0) is 42.1. The van der Waals surface area contributed by atoms with E-state index in [0.29, 0.717) is 19.4 Å². The molecule has 0 saturated heterocycles. The van der Waals surface area contributed by atoms with Crippen LogP contribution in [0.3, 0.4) is 0 Å². The van der Waals surface area contributed by atoms with Gasteiger partial charge < -0.3 is 14.2 Å². The van der Waals surface area contributed by atoms with E-state index in [0.717, 1.165) is 109 Å². The topological polar surface area (TPSA) is 61.8 Å². The maximum atomic E-state index is 12.7. The van der Waals surface area contributed by atoms with Gasteiger partial charge in [0.15, 0.2) is 6.10 Å². The van der Waals surface area contributed by atoms with Gasteiger partial charge in [-0.25, -0.2) is 0 Å². The van der Waals surface area contributed by atoms with Crippen molar-refractivity contribution in [3.05, 3.63) is 85.1 Å². The van der Waals surface area contributed by atoms with Crippen molar-refractivity contribution in [3.8, 4) is 0 Å². The predicted octanol–water partition coefficient (Wildman–Crippen LogP) is 16.1. The molecule has 0 heterocycles. The summed E-state index contributed by atoms with van der Waals surface area (Å²) in [5.74, 6) is -0.437. The summed E-state index contributed by atoms with van der Waals surface area (Å²) in [6.45, 7) is 7.50. The first-order valence-corrected chi connectivity index (χ1v) is 24.1. The average Bonchev–Trinajstić information content (AvgIpc) is 3.22. The molecule has 0 bridgehead atoms. The first-order valence-electron chi connectivity index (χ1n) is 24.1. The molecule has 5 heteroatoms. The van der Waals surface area contributed by atoms with Crippen LogP contribution in [0.4, 0.5) is 0 Å². The molecule has 0 rings (SSSR count). The van der Waals surface area contributed by atoms with Crippen molar-refractivity contribution in [2.24, 2.45) is 0 Å². The first-order chi connectivity index (χ1) is 28.6. The summed E-state index contributed by atoms with van der Waals surface area (Å²) in [5, 5.41) is 0. The van der Waals surface area contributed by atoms with Crippen LogP contribution in [0.2, 0.25) is 0 Å². The maximum Gasteiger partial charge on any atom is 0.306 e. The van der Waals surface area contributed by atoms with Crippen molar-refractivity contribution < 1.29 is 23.8 Å². The summed E-state index contributed by atoms with van der Waals surface area (Å²) in [6.07, 6.45) is 63.0. The number of rotatable bonds is 43. The minimum absolute atomic E-state index is 0.0611. The highest BCUT2D eigenvalue weighted by atomic mass is 16.6. The molecule has 332 valence electrons. The lowest BCUT2D eigenvalue weighted by atomic mass is 10.1. The van der Waals surface area contributed by atoms with Crippen molar-refractivity contribution in [2.75, 3.05) is 19.8 Å². The van der Waals surface area contributed by atoms with E-state index in [1.54, 1.807) is 0 Å². The summed E-state index contributed by atoms with van der Waals surface area (Å²) < 4.78 is 17.3. The number of carbonyl (C=O) groups is 2. The lowest BCUT2D eigenvalue weighted by molar-refractivity contribution is -0.163. The largest absolute Gasteiger partial charge is 0.462 e. The van der Waals surface area contributed by atoms with Crippen LogP contribution in [0.25, 0.3) is 0 Å². The van der Waals surface area contributed by atoms with Gasteiger partial charge in [-0.05, 0) is 89.9 Å². The van der Waals surface area contributed by atoms with Crippen LogP contribution in [-0.4, -0.2) is 37.9 Å². The zero-order valence-electron chi connectivity index (χ0n) is 38.0. The highest BCUT2D eigenvalue weighted by Gasteiger charge is 2.17. The zero-order valence-corrected chi connectivity index (χ0v) is 38.0. The molecule has 0 spiro atoms. The molecule has 0 saturated carbocycles. The fourth-order valence-corrected chi connectivity index (χ4v) is 6.40. The van der Waals surface area contributed by atoms with E-state index in [-0.39, 0.29) is 25.2 Å². The fourth-order valence-electron chi connectivity index (χ4n) is 6.40. The van der Waals surface area contributed by atoms with Crippen LogP contribution in [0, 0.1) is 0 Å². The highest BCUT2D eigenvalue weighted by molar-refractivity contribution is 5.70. The van der Waals surface area contributed by atoms with E-state index in [2.05, 4.69) is 106 Å². The van der Waals surface area contributed by atoms with Gasteiger partial charge in [0.25, 0.3) is 0 Å². The molecule has 1 unspecified atom stereocenters. The Morgan fingerprint density at radius 3 is 1.24 bits per heavy atom. The molecule has 0 aromatic heterocycles. The summed E-state index contributed by atoms with van der Waals surface area (Å²) >= 11 is 0. The van der Waals surface area contributed by atoms with Gasteiger partial charge in [0, 0.05) is 19.4 Å². The van der Waals surface area contributed by atoms with E-state index in [1.165, 1.54) is 70.6 Å². The van der Waals surface area contributed by atoms with Gasteiger partial charge in [-0.3, -0.25) is 9.59 Å². The van der Waals surface area contributed by atoms with Gasteiger partial charge in [0.2, 0.25) is 0 Å². The van der Waals surface area contributed by atoms with E-state index in [4.69, 9.17) is 14.2 Å². The van der Waals surface area contributed by atoms with Crippen molar-refractivity contribution in [1.29, 1.82) is 0 Å². The molecule has 0 fully saturated rings. The minimum Gasteiger partial charge on any atom is -0.462 e. The van der Waals surface area contributed by atoms with Crippen LogP contribution < -0.4 is 0 Å². The summed E-state index contributed by atoms with van der Waals surface area (Å²) in [5.41, 5.74) is 0. The number of esters is 2. The molecule has 0 aromatic rings. The maximum absolute atomic E-state index is 12.7. The second kappa shape index (κ2) is 48.4. The van der Waals surface area contributed by atoms with Crippen molar-refractivity contribution >= 4 is 11.9 Å². The lowest BCUT2D eigenvalue weighted by Crippen LogP contribution is -2.30. The monoisotopic (exact) mass is 807 g/mol. The van der Waals surface area contributed by atoms with Crippen molar-refractivity contribution in [1.82, 2.24) is 0 Å². The number of unbranched alkanes of at least 4 members (excludes halogenated alkanes) is 18. The molecular weight excluding hydrogens is 717 g/mol. The highest BCUT2D eigenvalue weighted by Crippen LogP contribution is 2.14. The number of hydrogen-bond acceptors (Lipinski definition) is 5. The van der Waals surface area contributed by atoms with Crippen LogP contribution in [0.15, 0.2) is 85.1 Å². The molecule has 0 aliphatic rings. The fraction of sp³-hybridized carbons (Fsp3) is 0.698. The van der Waals surface area contributed by atoms with Gasteiger partial charge in [-0.15, -0.1) is 0 Å². The standard InChI is InChI=1S/C53H90O5/c1-4-7-10-13-16-19-22-24-26-28-30-33-36-39-42-45-48-56-49-51(58-53(55)47-44-41-38-35-31-21-18-15-12-9-6-3)50-57-52(54)46-43-40-37-34-32-29-27-25-23-20-17-14-11-8-5-2/h7-8,10-11,16-17,19-20,24-27,30,33,51H,4-6,9,12-15,18,21-23,28-29,31-32,34-50H2,1-3H3/b10-7-,11-8-,19-16-,20-17-,26-24-,27-25-,33-30-. The molecule has 0 radical (unpaired) electrons. The predicted molar refractivity (Wildman–Crippen MR) is 251 cm³/mol. The normalized spacial score (nSPS) is 12.9. The molecule has 58 heavy (non-hydrogen) atoms. The van der Waals surface area contributed by atoms with Crippen molar-refractivity contribution in [3.63, 3.8) is 0 Å². The Morgan fingerprint density at radius 1 is 0.397 bits per heavy atom. The van der Waals surface area contributed by atoms with Gasteiger partial charge in [-0.2, -0.15) is 0 Å². The molecule has 0 aliphatic carbocycles. The second-order valence-corrected chi connectivity index (χ2v) is 15.6. The first kappa shape index (κ1) is 55.1. The Labute approximate surface area is 359 Å². The number of carbonyl (C=O) groups excluding carboxylic acids is 2. The number of allylic oxidation sites excluding steroid dienone is 14. The average molecular weight is 807 g/mol. The van der Waals surface area contributed by atoms with E-state index in [1.807, 2.05) is 0 Å². The van der Waals surface area contributed by atoms with E-state index >= 15 is 0 Å². The van der Waals surface area contributed by atoms with Gasteiger partial charge in [-0.1, -0.05) is 196 Å². The Balaban J connectivity index is 4.34. The van der Waals surface area contributed by atoms with Gasteiger partial charge >= 0.3 is 11.9 Å². The third-order valence-electron chi connectivity index (χ3n) is 9.93. The third-order valence-corrected chi connectivity index (χ3v) is 9.93. The minimum atomic E-state index is -0.560. The Bertz CT molecular complexity index is 1090. The van der Waals surface area contributed by atoms with Crippen LogP contribution in [-0.2, 0) is 23.8 Å². The van der Waals surface area contributed by atoms with Gasteiger partial charge in [0.1, 0.15) is 6.61 Å². The Morgan fingerprint density at radius 2 is 0.776 bits per heavy atom. The summed E-state index contributed by atoms with van der Waals surface area (Å²) in [4.78, 5) is 25.3. The number of hydrogen-bond donors (Lipinski definition) is 0. The molecular formula is C53H90O5.